The number of carbonyl (C=O) groups is 1. The maximum absolute atomic E-state index is 11.6. The number of amides is 1. The molecule has 0 aliphatic rings. The zero-order chi connectivity index (χ0) is 14.6. The van der Waals surface area contributed by atoms with E-state index in [-0.39, 0.29) is 11.9 Å². The lowest BCUT2D eigenvalue weighted by molar-refractivity contribution is -0.120. The van der Waals surface area contributed by atoms with E-state index in [4.69, 9.17) is 0 Å². The van der Waals surface area contributed by atoms with E-state index >= 15 is 0 Å². The Hall–Kier alpha value is -1.56. The SMILES string of the molecule is CC(C)NC(=O)Cc1ccc(N(C)S(C)(=O)=O)cc1. The molecule has 0 aromatic heterocycles. The van der Waals surface area contributed by atoms with Gasteiger partial charge in [0, 0.05) is 13.1 Å². The number of nitrogens with zero attached hydrogens (tertiary/aromatic N) is 1. The van der Waals surface area contributed by atoms with Gasteiger partial charge in [0.1, 0.15) is 0 Å². The summed E-state index contributed by atoms with van der Waals surface area (Å²) in [5, 5.41) is 2.81. The molecule has 1 N–H and O–H groups in total. The third kappa shape index (κ3) is 4.90. The molecule has 1 amide bonds. The third-order valence-corrected chi connectivity index (χ3v) is 3.82. The molecule has 1 aromatic carbocycles. The first kappa shape index (κ1) is 15.5. The summed E-state index contributed by atoms with van der Waals surface area (Å²) in [7, 11) is -1.76. The van der Waals surface area contributed by atoms with Gasteiger partial charge in [-0.05, 0) is 31.5 Å². The second-order valence-corrected chi connectivity index (χ2v) is 6.81. The molecule has 0 heterocycles. The van der Waals surface area contributed by atoms with E-state index in [1.807, 2.05) is 13.8 Å². The highest BCUT2D eigenvalue weighted by Gasteiger charge is 2.12. The van der Waals surface area contributed by atoms with Gasteiger partial charge in [0.2, 0.25) is 15.9 Å². The molecule has 0 bridgehead atoms. The zero-order valence-electron chi connectivity index (χ0n) is 11.7. The molecule has 6 heteroatoms. The van der Waals surface area contributed by atoms with Crippen molar-refractivity contribution in [1.29, 1.82) is 0 Å². The summed E-state index contributed by atoms with van der Waals surface area (Å²) >= 11 is 0. The summed E-state index contributed by atoms with van der Waals surface area (Å²) in [5.74, 6) is -0.0424. The van der Waals surface area contributed by atoms with E-state index in [1.165, 1.54) is 11.4 Å². The van der Waals surface area contributed by atoms with Crippen molar-refractivity contribution >= 4 is 21.6 Å². The summed E-state index contributed by atoms with van der Waals surface area (Å²) in [6.07, 6.45) is 1.44. The van der Waals surface area contributed by atoms with Crippen LogP contribution in [0.4, 0.5) is 5.69 Å². The molecule has 0 radical (unpaired) electrons. The fourth-order valence-corrected chi connectivity index (χ4v) is 2.08. The van der Waals surface area contributed by atoms with Crippen LogP contribution in [0.3, 0.4) is 0 Å². The van der Waals surface area contributed by atoms with Crippen molar-refractivity contribution in [2.75, 3.05) is 17.6 Å². The molecule has 1 aromatic rings. The van der Waals surface area contributed by atoms with Gasteiger partial charge < -0.3 is 5.32 Å². The molecule has 0 aliphatic carbocycles. The number of anilines is 1. The van der Waals surface area contributed by atoms with E-state index in [0.717, 1.165) is 11.8 Å². The van der Waals surface area contributed by atoms with Gasteiger partial charge in [-0.1, -0.05) is 12.1 Å². The van der Waals surface area contributed by atoms with E-state index in [9.17, 15) is 13.2 Å². The van der Waals surface area contributed by atoms with Gasteiger partial charge >= 0.3 is 0 Å². The van der Waals surface area contributed by atoms with Crippen molar-refractivity contribution in [2.24, 2.45) is 0 Å². The Morgan fingerprint density at radius 2 is 1.79 bits per heavy atom. The minimum Gasteiger partial charge on any atom is -0.354 e. The second kappa shape index (κ2) is 6.06. The smallest absolute Gasteiger partial charge is 0.231 e. The van der Waals surface area contributed by atoms with Crippen LogP contribution >= 0.6 is 0 Å². The fourth-order valence-electron chi connectivity index (χ4n) is 1.57. The average molecular weight is 284 g/mol. The number of hydrogen-bond donors (Lipinski definition) is 1. The van der Waals surface area contributed by atoms with Crippen LogP contribution in [0.5, 0.6) is 0 Å². The highest BCUT2D eigenvalue weighted by atomic mass is 32.2. The summed E-state index contributed by atoms with van der Waals surface area (Å²) < 4.78 is 24.0. The maximum Gasteiger partial charge on any atom is 0.231 e. The quantitative estimate of drug-likeness (QED) is 0.882. The number of hydrogen-bond acceptors (Lipinski definition) is 3. The molecule has 106 valence electrons. The van der Waals surface area contributed by atoms with Crippen LogP contribution in [0.2, 0.25) is 0 Å². The van der Waals surface area contributed by atoms with Crippen LogP contribution in [0.15, 0.2) is 24.3 Å². The molecule has 1 rings (SSSR count). The lowest BCUT2D eigenvalue weighted by Gasteiger charge is -2.16. The average Bonchev–Trinajstić information content (AvgIpc) is 2.26. The van der Waals surface area contributed by atoms with Crippen LogP contribution in [-0.4, -0.2) is 33.7 Å². The first-order valence-corrected chi connectivity index (χ1v) is 7.87. The highest BCUT2D eigenvalue weighted by molar-refractivity contribution is 7.92. The Balaban J connectivity index is 2.75. The fraction of sp³-hybridized carbons (Fsp3) is 0.462. The molecule has 0 saturated carbocycles. The van der Waals surface area contributed by atoms with Gasteiger partial charge in [-0.3, -0.25) is 9.10 Å². The third-order valence-electron chi connectivity index (χ3n) is 2.61. The minimum absolute atomic E-state index is 0.0424. The standard InChI is InChI=1S/C13H20N2O3S/c1-10(2)14-13(16)9-11-5-7-12(8-6-11)15(3)19(4,17)18/h5-8,10H,9H2,1-4H3,(H,14,16). The Labute approximate surface area is 114 Å². The van der Waals surface area contributed by atoms with Crippen molar-refractivity contribution in [1.82, 2.24) is 5.32 Å². The molecule has 19 heavy (non-hydrogen) atoms. The highest BCUT2D eigenvalue weighted by Crippen LogP contribution is 2.16. The summed E-state index contributed by atoms with van der Waals surface area (Å²) in [5.41, 5.74) is 1.43. The molecule has 0 fully saturated rings. The predicted molar refractivity (Wildman–Crippen MR) is 76.7 cm³/mol. The Morgan fingerprint density at radius 1 is 1.26 bits per heavy atom. The number of rotatable bonds is 5. The Kier molecular flexibility index (Phi) is 4.94. The number of sulfonamides is 1. The molecule has 5 nitrogen and oxygen atoms in total. The van der Waals surface area contributed by atoms with Crippen molar-refractivity contribution in [3.63, 3.8) is 0 Å². The van der Waals surface area contributed by atoms with Gasteiger partial charge in [0.15, 0.2) is 0 Å². The van der Waals surface area contributed by atoms with Crippen LogP contribution in [0.25, 0.3) is 0 Å². The van der Waals surface area contributed by atoms with Gasteiger partial charge in [0.25, 0.3) is 0 Å². The Bertz CT molecular complexity index is 536. The second-order valence-electron chi connectivity index (χ2n) is 4.80. The van der Waals surface area contributed by atoms with Gasteiger partial charge in [-0.25, -0.2) is 8.42 Å². The lowest BCUT2D eigenvalue weighted by atomic mass is 10.1. The first-order valence-electron chi connectivity index (χ1n) is 6.02. The topological polar surface area (TPSA) is 66.5 Å². The van der Waals surface area contributed by atoms with Gasteiger partial charge in [-0.2, -0.15) is 0 Å². The number of nitrogens with one attached hydrogen (secondary N) is 1. The van der Waals surface area contributed by atoms with E-state index < -0.39 is 10.0 Å². The first-order chi connectivity index (χ1) is 8.70. The Morgan fingerprint density at radius 3 is 2.21 bits per heavy atom. The minimum atomic E-state index is -3.25. The van der Waals surface area contributed by atoms with Crippen molar-refractivity contribution in [3.05, 3.63) is 29.8 Å². The molecule has 0 unspecified atom stereocenters. The number of carbonyl (C=O) groups excluding carboxylic acids is 1. The van der Waals surface area contributed by atoms with Crippen LogP contribution < -0.4 is 9.62 Å². The predicted octanol–water partition coefficient (Wildman–Crippen LogP) is 1.15. The monoisotopic (exact) mass is 284 g/mol. The van der Waals surface area contributed by atoms with Crippen molar-refractivity contribution in [3.8, 4) is 0 Å². The largest absolute Gasteiger partial charge is 0.354 e. The van der Waals surface area contributed by atoms with Crippen LogP contribution in [0, 0.1) is 0 Å². The van der Waals surface area contributed by atoms with Crippen LogP contribution in [0.1, 0.15) is 19.4 Å². The normalized spacial score (nSPS) is 11.4. The molecule has 0 saturated heterocycles. The molecule has 0 aliphatic heterocycles. The van der Waals surface area contributed by atoms with Gasteiger partial charge in [0.05, 0.1) is 18.4 Å². The maximum atomic E-state index is 11.6. The van der Waals surface area contributed by atoms with Gasteiger partial charge in [-0.15, -0.1) is 0 Å². The van der Waals surface area contributed by atoms with Crippen molar-refractivity contribution in [2.45, 2.75) is 26.3 Å². The van der Waals surface area contributed by atoms with Crippen molar-refractivity contribution < 1.29 is 13.2 Å². The lowest BCUT2D eigenvalue weighted by Crippen LogP contribution is -2.31. The van der Waals surface area contributed by atoms with E-state index in [2.05, 4.69) is 5.32 Å². The summed E-state index contributed by atoms with van der Waals surface area (Å²) in [4.78, 5) is 11.6. The molecular weight excluding hydrogens is 264 g/mol. The summed E-state index contributed by atoms with van der Waals surface area (Å²) in [6, 6.07) is 7.02. The van der Waals surface area contributed by atoms with E-state index in [0.29, 0.717) is 12.1 Å². The molecule has 0 atom stereocenters. The van der Waals surface area contributed by atoms with E-state index in [1.54, 1.807) is 24.3 Å². The molecular formula is C13H20N2O3S. The van der Waals surface area contributed by atoms with Crippen LogP contribution in [-0.2, 0) is 21.2 Å². The summed E-state index contributed by atoms with van der Waals surface area (Å²) in [6.45, 7) is 3.81. The molecule has 0 spiro atoms. The number of benzene rings is 1. The zero-order valence-corrected chi connectivity index (χ0v) is 12.5.